The summed E-state index contributed by atoms with van der Waals surface area (Å²) in [4.78, 5) is 25.2. The number of Topliss-reactive ketones (excluding diaryl/α,β-unsaturated/α-hetero) is 1. The molecule has 0 bridgehead atoms. The van der Waals surface area contributed by atoms with E-state index in [0.717, 1.165) is 0 Å². The Labute approximate surface area is 133 Å². The van der Waals surface area contributed by atoms with Crippen molar-refractivity contribution in [3.05, 3.63) is 11.6 Å². The second-order valence-corrected chi connectivity index (χ2v) is 8.77. The molecule has 0 aromatic carbocycles. The maximum Gasteiger partial charge on any atom is 0.318 e. The number of hydrogen-bond acceptors (Lipinski definition) is 3. The summed E-state index contributed by atoms with van der Waals surface area (Å²) in [5, 5.41) is 20.5. The van der Waals surface area contributed by atoms with Gasteiger partial charge in [0.2, 0.25) is 0 Å². The van der Waals surface area contributed by atoms with Gasteiger partial charge in [0.1, 0.15) is 11.5 Å². The second kappa shape index (κ2) is 5.48. The van der Waals surface area contributed by atoms with Gasteiger partial charge in [-0.3, -0.25) is 9.59 Å². The predicted octanol–water partition coefficient (Wildman–Crippen LogP) is 3.29. The van der Waals surface area contributed by atoms with Gasteiger partial charge >= 0.3 is 5.97 Å². The van der Waals surface area contributed by atoms with E-state index < -0.39 is 34.6 Å². The minimum absolute atomic E-state index is 0.0240. The van der Waals surface area contributed by atoms with E-state index >= 15 is 0 Å². The lowest BCUT2D eigenvalue weighted by atomic mass is 9.50. The number of carbonyl (C=O) groups is 2. The Morgan fingerprint density at radius 3 is 1.91 bits per heavy atom. The molecule has 3 atom stereocenters. The number of aliphatic hydroxyl groups is 1. The molecule has 2 N–H and O–H groups in total. The molecule has 0 radical (unpaired) electrons. The lowest BCUT2D eigenvalue weighted by Gasteiger charge is -2.50. The van der Waals surface area contributed by atoms with Gasteiger partial charge in [-0.05, 0) is 22.3 Å². The van der Waals surface area contributed by atoms with Crippen molar-refractivity contribution in [2.75, 3.05) is 0 Å². The quantitative estimate of drug-likeness (QED) is 0.606. The molecule has 0 aromatic heterocycles. The normalized spacial score (nSPS) is 30.5. The fourth-order valence-electron chi connectivity index (χ4n) is 3.72. The number of carbonyl (C=O) groups excluding carboxylic acids is 1. The van der Waals surface area contributed by atoms with E-state index in [-0.39, 0.29) is 11.3 Å². The van der Waals surface area contributed by atoms with Crippen molar-refractivity contribution in [3.8, 4) is 0 Å². The van der Waals surface area contributed by atoms with Crippen LogP contribution in [0, 0.1) is 28.1 Å². The van der Waals surface area contributed by atoms with Crippen molar-refractivity contribution in [3.63, 3.8) is 0 Å². The first kappa shape index (κ1) is 18.9. The summed E-state index contributed by atoms with van der Waals surface area (Å²) in [7, 11) is 0. The zero-order valence-electron chi connectivity index (χ0n) is 15.0. The van der Waals surface area contributed by atoms with E-state index in [2.05, 4.69) is 0 Å². The molecule has 0 fully saturated rings. The fourth-order valence-corrected chi connectivity index (χ4v) is 3.72. The van der Waals surface area contributed by atoms with Crippen molar-refractivity contribution >= 4 is 11.8 Å². The van der Waals surface area contributed by atoms with Gasteiger partial charge in [-0.15, -0.1) is 0 Å². The maximum atomic E-state index is 13.0. The maximum absolute atomic E-state index is 13.0. The number of aliphatic hydroxyl groups excluding tert-OH is 1. The Balaban J connectivity index is 3.76. The number of allylic oxidation sites excluding steroid dienone is 1. The van der Waals surface area contributed by atoms with Crippen molar-refractivity contribution in [1.29, 1.82) is 0 Å². The zero-order valence-corrected chi connectivity index (χ0v) is 15.0. The Morgan fingerprint density at radius 2 is 1.64 bits per heavy atom. The molecule has 0 heterocycles. The highest BCUT2D eigenvalue weighted by molar-refractivity contribution is 6.08. The monoisotopic (exact) mass is 310 g/mol. The van der Waals surface area contributed by atoms with E-state index in [1.54, 1.807) is 20.8 Å². The van der Waals surface area contributed by atoms with Crippen LogP contribution in [0.15, 0.2) is 11.6 Å². The summed E-state index contributed by atoms with van der Waals surface area (Å²) in [5.74, 6) is -2.20. The van der Waals surface area contributed by atoms with Crippen molar-refractivity contribution in [2.24, 2.45) is 28.1 Å². The van der Waals surface area contributed by atoms with Gasteiger partial charge in [0.25, 0.3) is 0 Å². The van der Waals surface area contributed by atoms with Gasteiger partial charge in [0.05, 0.1) is 0 Å². The third-order valence-corrected chi connectivity index (χ3v) is 4.90. The molecular weight excluding hydrogens is 280 g/mol. The molecule has 0 aromatic rings. The first-order valence-corrected chi connectivity index (χ1v) is 7.87. The van der Waals surface area contributed by atoms with Crippen molar-refractivity contribution in [1.82, 2.24) is 0 Å². The van der Waals surface area contributed by atoms with Crippen LogP contribution in [0.5, 0.6) is 0 Å². The van der Waals surface area contributed by atoms with Crippen molar-refractivity contribution in [2.45, 2.75) is 61.5 Å². The smallest absolute Gasteiger partial charge is 0.318 e. The van der Waals surface area contributed by atoms with Gasteiger partial charge in [0.15, 0.2) is 5.78 Å². The van der Waals surface area contributed by atoms with Crippen LogP contribution in [-0.4, -0.2) is 28.1 Å². The van der Waals surface area contributed by atoms with Crippen LogP contribution in [-0.2, 0) is 9.59 Å². The third-order valence-electron chi connectivity index (χ3n) is 4.90. The molecule has 1 aliphatic carbocycles. The lowest BCUT2D eigenvalue weighted by molar-refractivity contribution is -0.174. The molecule has 22 heavy (non-hydrogen) atoms. The van der Waals surface area contributed by atoms with E-state index in [4.69, 9.17) is 0 Å². The number of aliphatic carboxylic acids is 1. The molecule has 1 rings (SSSR count). The van der Waals surface area contributed by atoms with E-state index in [9.17, 15) is 19.8 Å². The Morgan fingerprint density at radius 1 is 1.18 bits per heavy atom. The largest absolute Gasteiger partial charge is 0.480 e. The topological polar surface area (TPSA) is 74.6 Å². The highest BCUT2D eigenvalue weighted by Crippen LogP contribution is 2.54. The van der Waals surface area contributed by atoms with Crippen LogP contribution in [0.25, 0.3) is 0 Å². The Kier molecular flexibility index (Phi) is 4.71. The summed E-state index contributed by atoms with van der Waals surface area (Å²) in [5.41, 5.74) is -2.18. The molecule has 1 aliphatic rings. The number of rotatable bonds is 2. The highest BCUT2D eigenvalue weighted by Gasteiger charge is 2.63. The molecule has 0 saturated heterocycles. The summed E-state index contributed by atoms with van der Waals surface area (Å²) in [6, 6.07) is 0. The zero-order chi connectivity index (χ0) is 17.7. The first-order chi connectivity index (χ1) is 9.69. The number of hydrogen-bond donors (Lipinski definition) is 2. The Bertz CT molecular complexity index is 502. The summed E-state index contributed by atoms with van der Waals surface area (Å²) >= 11 is 0. The summed E-state index contributed by atoms with van der Waals surface area (Å²) in [6.45, 7) is 14.9. The van der Waals surface area contributed by atoms with Crippen LogP contribution in [0.2, 0.25) is 0 Å². The van der Waals surface area contributed by atoms with Gasteiger partial charge in [0, 0.05) is 5.92 Å². The molecule has 4 heteroatoms. The highest BCUT2D eigenvalue weighted by atomic mass is 16.4. The molecule has 3 unspecified atom stereocenters. The van der Waals surface area contributed by atoms with Crippen LogP contribution < -0.4 is 0 Å². The molecule has 126 valence electrons. The minimum atomic E-state index is -1.62. The van der Waals surface area contributed by atoms with Crippen molar-refractivity contribution < 1.29 is 19.8 Å². The predicted molar refractivity (Wildman–Crippen MR) is 86.4 cm³/mol. The molecule has 0 amide bonds. The van der Waals surface area contributed by atoms with E-state index in [1.165, 1.54) is 0 Å². The molecule has 0 spiro atoms. The minimum Gasteiger partial charge on any atom is -0.480 e. The van der Waals surface area contributed by atoms with Crippen LogP contribution in [0.3, 0.4) is 0 Å². The van der Waals surface area contributed by atoms with Crippen LogP contribution in [0.4, 0.5) is 0 Å². The molecule has 4 nitrogen and oxygen atoms in total. The SMILES string of the molecule is CC(C)C1C=C(C(C)(C)C)C(O)C(=O)C1(C(=O)O)C(C)(C)C. The first-order valence-electron chi connectivity index (χ1n) is 7.87. The average Bonchev–Trinajstić information content (AvgIpc) is 2.27. The fraction of sp³-hybridized carbons (Fsp3) is 0.778. The number of carboxylic acid groups (broad SMARTS) is 1. The average molecular weight is 310 g/mol. The van der Waals surface area contributed by atoms with E-state index in [1.807, 2.05) is 40.7 Å². The summed E-state index contributed by atoms with van der Waals surface area (Å²) < 4.78 is 0. The standard InChI is InChI=1S/C18H30O4/c1-10(2)11-9-12(16(3,4)5)13(19)14(20)18(11,15(21)22)17(6,7)8/h9-11,13,19H,1-8H3,(H,21,22). The van der Waals surface area contributed by atoms with Gasteiger partial charge < -0.3 is 10.2 Å². The van der Waals surface area contributed by atoms with Crippen LogP contribution >= 0.6 is 0 Å². The molecule has 0 saturated carbocycles. The van der Waals surface area contributed by atoms with E-state index in [0.29, 0.717) is 5.57 Å². The lowest BCUT2D eigenvalue weighted by Crippen LogP contribution is -2.61. The van der Waals surface area contributed by atoms with Crippen LogP contribution in [0.1, 0.15) is 55.4 Å². The van der Waals surface area contributed by atoms with Gasteiger partial charge in [-0.1, -0.05) is 61.5 Å². The third kappa shape index (κ3) is 2.62. The number of carboxylic acids is 1. The second-order valence-electron chi connectivity index (χ2n) is 8.77. The number of ketones is 1. The van der Waals surface area contributed by atoms with Gasteiger partial charge in [-0.2, -0.15) is 0 Å². The molecular formula is C18H30O4. The Hall–Kier alpha value is -1.16. The van der Waals surface area contributed by atoms with Gasteiger partial charge in [-0.25, -0.2) is 0 Å². The molecule has 0 aliphatic heterocycles. The summed E-state index contributed by atoms with van der Waals surface area (Å²) in [6.07, 6.45) is 0.487.